The number of ether oxygens (including phenoxy) is 1. The summed E-state index contributed by atoms with van der Waals surface area (Å²) in [5.74, 6) is 1.02. The molecule has 0 amide bonds. The van der Waals surface area contributed by atoms with Crippen LogP contribution in [0, 0.1) is 6.92 Å². The molecule has 0 saturated carbocycles. The summed E-state index contributed by atoms with van der Waals surface area (Å²) in [5.41, 5.74) is 1.22. The first kappa shape index (κ1) is 11.0. The average molecular weight is 214 g/mol. The van der Waals surface area contributed by atoms with E-state index in [0.717, 1.165) is 18.8 Å². The van der Waals surface area contributed by atoms with Crippen molar-refractivity contribution in [3.05, 3.63) is 42.0 Å². The van der Waals surface area contributed by atoms with E-state index in [9.17, 15) is 0 Å². The standard InChI is InChI=1S/C15H18O/c1-3-4-9-16-15-11-14-8-6-5-7-13(14)10-12(15)2/h5-8,10-11H,3-4,9H2,1-2H3. The first-order valence-electron chi connectivity index (χ1n) is 5.93. The zero-order valence-electron chi connectivity index (χ0n) is 9.99. The molecule has 0 fully saturated rings. The first-order valence-corrected chi connectivity index (χ1v) is 5.93. The third-order valence-electron chi connectivity index (χ3n) is 2.80. The van der Waals surface area contributed by atoms with Crippen LogP contribution in [0.2, 0.25) is 0 Å². The number of hydrogen-bond acceptors (Lipinski definition) is 1. The highest BCUT2D eigenvalue weighted by atomic mass is 16.5. The molecule has 0 unspecified atom stereocenters. The zero-order chi connectivity index (χ0) is 11.4. The van der Waals surface area contributed by atoms with Crippen LogP contribution in [0.25, 0.3) is 10.8 Å². The van der Waals surface area contributed by atoms with Gasteiger partial charge in [0.2, 0.25) is 0 Å². The van der Waals surface area contributed by atoms with Crippen molar-refractivity contribution < 1.29 is 4.74 Å². The van der Waals surface area contributed by atoms with Crippen LogP contribution in [0.3, 0.4) is 0 Å². The summed E-state index contributed by atoms with van der Waals surface area (Å²) in [6.07, 6.45) is 2.29. The lowest BCUT2D eigenvalue weighted by atomic mass is 10.1. The van der Waals surface area contributed by atoms with Crippen molar-refractivity contribution in [2.45, 2.75) is 26.7 Å². The Bertz CT molecular complexity index is 474. The summed E-state index contributed by atoms with van der Waals surface area (Å²) in [5, 5.41) is 2.53. The fraction of sp³-hybridized carbons (Fsp3) is 0.333. The number of unbranched alkanes of at least 4 members (excludes halogenated alkanes) is 1. The van der Waals surface area contributed by atoms with Gasteiger partial charge in [-0.05, 0) is 41.8 Å². The molecule has 0 aliphatic rings. The van der Waals surface area contributed by atoms with Gasteiger partial charge in [-0.1, -0.05) is 37.6 Å². The van der Waals surface area contributed by atoms with Gasteiger partial charge in [0, 0.05) is 0 Å². The maximum Gasteiger partial charge on any atom is 0.122 e. The van der Waals surface area contributed by atoms with Crippen molar-refractivity contribution in [2.24, 2.45) is 0 Å². The zero-order valence-corrected chi connectivity index (χ0v) is 9.99. The Morgan fingerprint density at radius 2 is 1.75 bits per heavy atom. The molecule has 0 N–H and O–H groups in total. The van der Waals surface area contributed by atoms with E-state index in [1.807, 2.05) is 0 Å². The largest absolute Gasteiger partial charge is 0.493 e. The van der Waals surface area contributed by atoms with Crippen LogP contribution >= 0.6 is 0 Å². The molecule has 0 bridgehead atoms. The van der Waals surface area contributed by atoms with Crippen molar-refractivity contribution in [3.63, 3.8) is 0 Å². The minimum absolute atomic E-state index is 0.815. The smallest absolute Gasteiger partial charge is 0.122 e. The van der Waals surface area contributed by atoms with Gasteiger partial charge in [-0.3, -0.25) is 0 Å². The summed E-state index contributed by atoms with van der Waals surface area (Å²) >= 11 is 0. The molecule has 0 aliphatic carbocycles. The van der Waals surface area contributed by atoms with Gasteiger partial charge in [-0.25, -0.2) is 0 Å². The first-order chi connectivity index (χ1) is 7.81. The Labute approximate surface area is 97.1 Å². The quantitative estimate of drug-likeness (QED) is 0.688. The molecule has 2 aromatic rings. The van der Waals surface area contributed by atoms with Crippen LogP contribution in [0.15, 0.2) is 36.4 Å². The van der Waals surface area contributed by atoms with Crippen LogP contribution in [0.5, 0.6) is 5.75 Å². The SMILES string of the molecule is CCCCOc1cc2ccccc2cc1C. The van der Waals surface area contributed by atoms with Crippen molar-refractivity contribution in [3.8, 4) is 5.75 Å². The van der Waals surface area contributed by atoms with Gasteiger partial charge in [-0.2, -0.15) is 0 Å². The van der Waals surface area contributed by atoms with Crippen LogP contribution in [-0.2, 0) is 0 Å². The molecule has 2 aromatic carbocycles. The van der Waals surface area contributed by atoms with E-state index in [1.165, 1.54) is 22.8 Å². The number of rotatable bonds is 4. The summed E-state index contributed by atoms with van der Waals surface area (Å²) in [6, 6.07) is 12.7. The highest BCUT2D eigenvalue weighted by Crippen LogP contribution is 2.25. The van der Waals surface area contributed by atoms with Crippen molar-refractivity contribution in [1.82, 2.24) is 0 Å². The third-order valence-corrected chi connectivity index (χ3v) is 2.80. The molecular formula is C15H18O. The maximum atomic E-state index is 5.79. The van der Waals surface area contributed by atoms with Gasteiger partial charge in [0.05, 0.1) is 6.61 Å². The normalized spacial score (nSPS) is 10.6. The summed E-state index contributed by atoms with van der Waals surface area (Å²) in [6.45, 7) is 5.10. The molecule has 0 aromatic heterocycles. The Hall–Kier alpha value is -1.50. The van der Waals surface area contributed by atoms with Gasteiger partial charge in [-0.15, -0.1) is 0 Å². The second-order valence-corrected chi connectivity index (χ2v) is 4.17. The van der Waals surface area contributed by atoms with E-state index in [0.29, 0.717) is 0 Å². The average Bonchev–Trinajstić information content (AvgIpc) is 2.30. The molecule has 1 heteroatoms. The van der Waals surface area contributed by atoms with Crippen LogP contribution < -0.4 is 4.74 Å². The van der Waals surface area contributed by atoms with Gasteiger partial charge in [0.25, 0.3) is 0 Å². The van der Waals surface area contributed by atoms with Gasteiger partial charge in [0.15, 0.2) is 0 Å². The Morgan fingerprint density at radius 1 is 1.06 bits per heavy atom. The lowest BCUT2D eigenvalue weighted by molar-refractivity contribution is 0.308. The molecule has 1 nitrogen and oxygen atoms in total. The van der Waals surface area contributed by atoms with Crippen molar-refractivity contribution in [1.29, 1.82) is 0 Å². The second kappa shape index (κ2) is 5.02. The molecule has 0 heterocycles. The number of aryl methyl sites for hydroxylation is 1. The van der Waals surface area contributed by atoms with E-state index < -0.39 is 0 Å². The predicted molar refractivity (Wildman–Crippen MR) is 69.1 cm³/mol. The topological polar surface area (TPSA) is 9.23 Å². The molecule has 84 valence electrons. The molecule has 0 atom stereocenters. The van der Waals surface area contributed by atoms with E-state index in [2.05, 4.69) is 50.2 Å². The molecule has 0 saturated heterocycles. The van der Waals surface area contributed by atoms with Crippen LogP contribution in [0.1, 0.15) is 25.3 Å². The Balaban J connectivity index is 2.27. The number of benzene rings is 2. The highest BCUT2D eigenvalue weighted by molar-refractivity contribution is 5.84. The summed E-state index contributed by atoms with van der Waals surface area (Å²) in [7, 11) is 0. The molecule has 2 rings (SSSR count). The minimum Gasteiger partial charge on any atom is -0.493 e. The fourth-order valence-electron chi connectivity index (χ4n) is 1.82. The van der Waals surface area contributed by atoms with Crippen molar-refractivity contribution >= 4 is 10.8 Å². The summed E-state index contributed by atoms with van der Waals surface area (Å²) < 4.78 is 5.79. The minimum atomic E-state index is 0.815. The van der Waals surface area contributed by atoms with E-state index in [-0.39, 0.29) is 0 Å². The number of hydrogen-bond donors (Lipinski definition) is 0. The van der Waals surface area contributed by atoms with Crippen molar-refractivity contribution in [2.75, 3.05) is 6.61 Å². The number of fused-ring (bicyclic) bond motifs is 1. The molecule has 0 spiro atoms. The Morgan fingerprint density at radius 3 is 2.44 bits per heavy atom. The van der Waals surface area contributed by atoms with E-state index in [4.69, 9.17) is 4.74 Å². The molecule has 0 aliphatic heterocycles. The van der Waals surface area contributed by atoms with Gasteiger partial charge in [0.1, 0.15) is 5.75 Å². The fourth-order valence-corrected chi connectivity index (χ4v) is 1.82. The highest BCUT2D eigenvalue weighted by Gasteiger charge is 2.01. The summed E-state index contributed by atoms with van der Waals surface area (Å²) in [4.78, 5) is 0. The monoisotopic (exact) mass is 214 g/mol. The lowest BCUT2D eigenvalue weighted by Gasteiger charge is -2.10. The van der Waals surface area contributed by atoms with Crippen LogP contribution in [0.4, 0.5) is 0 Å². The molecule has 0 radical (unpaired) electrons. The third kappa shape index (κ3) is 2.35. The maximum absolute atomic E-state index is 5.79. The predicted octanol–water partition coefficient (Wildman–Crippen LogP) is 4.33. The lowest BCUT2D eigenvalue weighted by Crippen LogP contribution is -1.98. The van der Waals surface area contributed by atoms with Gasteiger partial charge >= 0.3 is 0 Å². The molecule has 16 heavy (non-hydrogen) atoms. The van der Waals surface area contributed by atoms with E-state index >= 15 is 0 Å². The molecular weight excluding hydrogens is 196 g/mol. The Kier molecular flexibility index (Phi) is 3.45. The van der Waals surface area contributed by atoms with Gasteiger partial charge < -0.3 is 4.74 Å². The van der Waals surface area contributed by atoms with E-state index in [1.54, 1.807) is 0 Å². The second-order valence-electron chi connectivity index (χ2n) is 4.17. The van der Waals surface area contributed by atoms with Crippen LogP contribution in [-0.4, -0.2) is 6.61 Å².